The first kappa shape index (κ1) is 12.0. The summed E-state index contributed by atoms with van der Waals surface area (Å²) in [5.41, 5.74) is 0.0898. The fraction of sp³-hybridized carbons (Fsp3) is 1.00. The molecule has 0 radical (unpaired) electrons. The molecule has 1 aliphatic rings. The Hall–Kier alpha value is -0.0800. The summed E-state index contributed by atoms with van der Waals surface area (Å²) in [7, 11) is 0. The maximum atomic E-state index is 9.48. The zero-order valence-electron chi connectivity index (χ0n) is 9.81. The van der Waals surface area contributed by atoms with Crippen LogP contribution in [0.3, 0.4) is 0 Å². The van der Waals surface area contributed by atoms with Gasteiger partial charge in [-0.3, -0.25) is 0 Å². The Balaban J connectivity index is 2.58. The minimum atomic E-state index is -0.238. The molecule has 1 N–H and O–H groups in total. The van der Waals surface area contributed by atoms with Crippen molar-refractivity contribution in [3.63, 3.8) is 0 Å². The van der Waals surface area contributed by atoms with Crippen LogP contribution in [0.2, 0.25) is 0 Å². The standard InChI is InChI=1S/C12H24O2/c1-4-8-14-12(10-13)7-5-6-11(2,3)9-12/h13H,4-10H2,1-3H3. The highest BCUT2D eigenvalue weighted by molar-refractivity contribution is 4.91. The van der Waals surface area contributed by atoms with E-state index in [1.807, 2.05) is 0 Å². The summed E-state index contributed by atoms with van der Waals surface area (Å²) in [5.74, 6) is 0. The van der Waals surface area contributed by atoms with Gasteiger partial charge in [0.15, 0.2) is 0 Å². The summed E-state index contributed by atoms with van der Waals surface area (Å²) in [6.07, 6.45) is 5.48. The van der Waals surface area contributed by atoms with E-state index in [-0.39, 0.29) is 12.2 Å². The number of hydrogen-bond donors (Lipinski definition) is 1. The fourth-order valence-corrected chi connectivity index (χ4v) is 2.56. The average molecular weight is 200 g/mol. The second-order valence-electron chi connectivity index (χ2n) is 5.38. The van der Waals surface area contributed by atoms with Crippen LogP contribution in [-0.2, 0) is 4.74 Å². The van der Waals surface area contributed by atoms with Crippen LogP contribution < -0.4 is 0 Å². The van der Waals surface area contributed by atoms with E-state index >= 15 is 0 Å². The molecule has 0 aromatic rings. The van der Waals surface area contributed by atoms with Crippen molar-refractivity contribution in [3.8, 4) is 0 Å². The summed E-state index contributed by atoms with van der Waals surface area (Å²) in [6, 6.07) is 0. The smallest absolute Gasteiger partial charge is 0.0917 e. The molecule has 0 heterocycles. The van der Waals surface area contributed by atoms with Crippen LogP contribution in [-0.4, -0.2) is 23.9 Å². The molecule has 0 aliphatic heterocycles. The SMILES string of the molecule is CCCOC1(CO)CCCC(C)(C)C1. The first-order chi connectivity index (χ1) is 6.54. The molecule has 0 aromatic carbocycles. The third-order valence-corrected chi connectivity index (χ3v) is 3.19. The van der Waals surface area contributed by atoms with Crippen LogP contribution in [0.25, 0.3) is 0 Å². The fourth-order valence-electron chi connectivity index (χ4n) is 2.56. The Morgan fingerprint density at radius 3 is 2.50 bits per heavy atom. The molecule has 1 atom stereocenters. The molecular weight excluding hydrogens is 176 g/mol. The van der Waals surface area contributed by atoms with Crippen LogP contribution in [0, 0.1) is 5.41 Å². The maximum Gasteiger partial charge on any atom is 0.0917 e. The minimum absolute atomic E-state index is 0.177. The zero-order chi connectivity index (χ0) is 10.7. The highest BCUT2D eigenvalue weighted by atomic mass is 16.5. The van der Waals surface area contributed by atoms with E-state index in [2.05, 4.69) is 20.8 Å². The van der Waals surface area contributed by atoms with Gasteiger partial charge in [0.05, 0.1) is 12.2 Å². The topological polar surface area (TPSA) is 29.5 Å². The Labute approximate surface area is 87.7 Å². The van der Waals surface area contributed by atoms with Gasteiger partial charge in [0.1, 0.15) is 0 Å². The lowest BCUT2D eigenvalue weighted by molar-refractivity contribution is -0.124. The quantitative estimate of drug-likeness (QED) is 0.756. The molecule has 2 heteroatoms. The molecule has 1 fully saturated rings. The first-order valence-electron chi connectivity index (χ1n) is 5.78. The Kier molecular flexibility index (Phi) is 3.96. The minimum Gasteiger partial charge on any atom is -0.393 e. The van der Waals surface area contributed by atoms with Gasteiger partial charge >= 0.3 is 0 Å². The van der Waals surface area contributed by atoms with E-state index in [9.17, 15) is 5.11 Å². The maximum absolute atomic E-state index is 9.48. The normalized spacial score (nSPS) is 31.7. The molecule has 0 saturated heterocycles. The molecule has 0 bridgehead atoms. The van der Waals surface area contributed by atoms with Gasteiger partial charge < -0.3 is 9.84 Å². The van der Waals surface area contributed by atoms with Crippen molar-refractivity contribution in [1.82, 2.24) is 0 Å². The molecule has 1 aliphatic carbocycles. The van der Waals surface area contributed by atoms with Gasteiger partial charge in [-0.25, -0.2) is 0 Å². The van der Waals surface area contributed by atoms with Gasteiger partial charge in [-0.05, 0) is 37.5 Å². The Morgan fingerprint density at radius 2 is 2.00 bits per heavy atom. The third-order valence-electron chi connectivity index (χ3n) is 3.19. The van der Waals surface area contributed by atoms with E-state index < -0.39 is 0 Å². The predicted molar refractivity (Wildman–Crippen MR) is 58.3 cm³/mol. The third kappa shape index (κ3) is 2.96. The van der Waals surface area contributed by atoms with Crippen LogP contribution in [0.1, 0.15) is 52.9 Å². The van der Waals surface area contributed by atoms with Crippen LogP contribution in [0.5, 0.6) is 0 Å². The lowest BCUT2D eigenvalue weighted by Gasteiger charge is -2.43. The summed E-state index contributed by atoms with van der Waals surface area (Å²) in [4.78, 5) is 0. The van der Waals surface area contributed by atoms with Gasteiger partial charge in [0.25, 0.3) is 0 Å². The van der Waals surface area contributed by atoms with Crippen molar-refractivity contribution >= 4 is 0 Å². The second kappa shape index (κ2) is 4.63. The summed E-state index contributed by atoms with van der Waals surface area (Å²) in [5, 5.41) is 9.48. The highest BCUT2D eigenvalue weighted by Crippen LogP contribution is 2.42. The molecule has 84 valence electrons. The van der Waals surface area contributed by atoms with Crippen molar-refractivity contribution < 1.29 is 9.84 Å². The van der Waals surface area contributed by atoms with E-state index in [1.54, 1.807) is 0 Å². The second-order valence-corrected chi connectivity index (χ2v) is 5.38. The van der Waals surface area contributed by atoms with E-state index in [0.717, 1.165) is 25.9 Å². The van der Waals surface area contributed by atoms with Gasteiger partial charge in [0.2, 0.25) is 0 Å². The molecule has 1 unspecified atom stereocenters. The molecule has 0 aromatic heterocycles. The summed E-state index contributed by atoms with van der Waals surface area (Å²) >= 11 is 0. The van der Waals surface area contributed by atoms with E-state index in [4.69, 9.17) is 4.74 Å². The number of hydrogen-bond acceptors (Lipinski definition) is 2. The summed E-state index contributed by atoms with van der Waals surface area (Å²) < 4.78 is 5.85. The highest BCUT2D eigenvalue weighted by Gasteiger charge is 2.40. The number of ether oxygens (including phenoxy) is 1. The zero-order valence-corrected chi connectivity index (χ0v) is 9.81. The van der Waals surface area contributed by atoms with Gasteiger partial charge in [-0.2, -0.15) is 0 Å². The molecular formula is C12H24O2. The van der Waals surface area contributed by atoms with Crippen LogP contribution in [0.15, 0.2) is 0 Å². The molecule has 1 saturated carbocycles. The Morgan fingerprint density at radius 1 is 1.29 bits per heavy atom. The lowest BCUT2D eigenvalue weighted by atomic mass is 9.70. The van der Waals surface area contributed by atoms with Crippen molar-refractivity contribution in [3.05, 3.63) is 0 Å². The molecule has 0 spiro atoms. The van der Waals surface area contributed by atoms with Crippen molar-refractivity contribution in [2.75, 3.05) is 13.2 Å². The van der Waals surface area contributed by atoms with E-state index in [0.29, 0.717) is 5.41 Å². The number of aliphatic hydroxyl groups is 1. The molecule has 2 nitrogen and oxygen atoms in total. The largest absolute Gasteiger partial charge is 0.393 e. The van der Waals surface area contributed by atoms with Crippen molar-refractivity contribution in [2.45, 2.75) is 58.5 Å². The lowest BCUT2D eigenvalue weighted by Crippen LogP contribution is -2.44. The predicted octanol–water partition coefficient (Wildman–Crippen LogP) is 2.74. The molecule has 1 rings (SSSR count). The van der Waals surface area contributed by atoms with Crippen LogP contribution in [0.4, 0.5) is 0 Å². The van der Waals surface area contributed by atoms with Crippen molar-refractivity contribution in [1.29, 1.82) is 0 Å². The molecule has 0 amide bonds. The van der Waals surface area contributed by atoms with Crippen molar-refractivity contribution in [2.24, 2.45) is 5.41 Å². The van der Waals surface area contributed by atoms with Crippen LogP contribution >= 0.6 is 0 Å². The summed E-state index contributed by atoms with van der Waals surface area (Å²) in [6.45, 7) is 7.60. The van der Waals surface area contributed by atoms with E-state index in [1.165, 1.54) is 12.8 Å². The van der Waals surface area contributed by atoms with Gasteiger partial charge in [-0.1, -0.05) is 20.8 Å². The Bertz CT molecular complexity index is 177. The average Bonchev–Trinajstić information content (AvgIpc) is 2.13. The first-order valence-corrected chi connectivity index (χ1v) is 5.78. The van der Waals surface area contributed by atoms with Gasteiger partial charge in [-0.15, -0.1) is 0 Å². The number of rotatable bonds is 4. The monoisotopic (exact) mass is 200 g/mol. The number of aliphatic hydroxyl groups excluding tert-OH is 1. The molecule has 14 heavy (non-hydrogen) atoms. The van der Waals surface area contributed by atoms with Gasteiger partial charge in [0, 0.05) is 6.61 Å².